The van der Waals surface area contributed by atoms with Crippen molar-refractivity contribution in [3.8, 4) is 0 Å². The molecule has 3 rings (SSSR count). The van der Waals surface area contributed by atoms with E-state index in [1.807, 2.05) is 43.3 Å². The van der Waals surface area contributed by atoms with Crippen LogP contribution in [0, 0.1) is 12.8 Å². The quantitative estimate of drug-likeness (QED) is 0.869. The molecule has 0 aliphatic carbocycles. The molecule has 2 aromatic rings. The molecule has 1 amide bonds. The third kappa shape index (κ3) is 3.55. The van der Waals surface area contributed by atoms with Crippen LogP contribution >= 0.6 is 0 Å². The highest BCUT2D eigenvalue weighted by Gasteiger charge is 2.21. The average molecular weight is 324 g/mol. The van der Waals surface area contributed by atoms with Gasteiger partial charge >= 0.3 is 0 Å². The Morgan fingerprint density at radius 1 is 1.17 bits per heavy atom. The Balaban J connectivity index is 1.84. The molecular formula is C19H24N4O. The Kier molecular flexibility index (Phi) is 4.79. The number of hydrogen-bond donors (Lipinski definition) is 0. The summed E-state index contributed by atoms with van der Waals surface area (Å²) in [6, 6.07) is 11.4. The minimum Gasteiger partial charge on any atom is -0.356 e. The molecule has 0 N–H and O–H groups in total. The van der Waals surface area contributed by atoms with Crippen LogP contribution in [-0.2, 0) is 0 Å². The fraction of sp³-hybridized carbons (Fsp3) is 0.421. The molecule has 1 aromatic heterocycles. The van der Waals surface area contributed by atoms with Gasteiger partial charge in [-0.1, -0.05) is 25.1 Å². The highest BCUT2D eigenvalue weighted by molar-refractivity contribution is 6.04. The van der Waals surface area contributed by atoms with E-state index in [1.54, 1.807) is 11.9 Å². The smallest absolute Gasteiger partial charge is 0.276 e. The SMILES string of the molecule is Cc1nc(C(=O)N(C)c2ccccc2)cc(N2CCC(C)CC2)n1. The molecule has 0 atom stereocenters. The van der Waals surface area contributed by atoms with Gasteiger partial charge in [-0.2, -0.15) is 0 Å². The number of nitrogens with zero attached hydrogens (tertiary/aromatic N) is 4. The van der Waals surface area contributed by atoms with Crippen molar-refractivity contribution in [2.75, 3.05) is 29.9 Å². The first-order chi connectivity index (χ1) is 11.5. The molecule has 0 bridgehead atoms. The first-order valence-corrected chi connectivity index (χ1v) is 8.48. The van der Waals surface area contributed by atoms with E-state index in [1.165, 1.54) is 0 Å². The van der Waals surface area contributed by atoms with Gasteiger partial charge in [0, 0.05) is 31.9 Å². The van der Waals surface area contributed by atoms with Gasteiger partial charge < -0.3 is 9.80 Å². The second kappa shape index (κ2) is 6.99. The molecular weight excluding hydrogens is 300 g/mol. The summed E-state index contributed by atoms with van der Waals surface area (Å²) < 4.78 is 0. The van der Waals surface area contributed by atoms with Gasteiger partial charge in [0.1, 0.15) is 17.3 Å². The predicted octanol–water partition coefficient (Wildman–Crippen LogP) is 3.30. The Bertz CT molecular complexity index is 709. The van der Waals surface area contributed by atoms with Crippen molar-refractivity contribution in [2.24, 2.45) is 5.92 Å². The van der Waals surface area contributed by atoms with Crippen molar-refractivity contribution in [3.63, 3.8) is 0 Å². The number of para-hydroxylation sites is 1. The summed E-state index contributed by atoms with van der Waals surface area (Å²) in [6.07, 6.45) is 2.33. The number of aryl methyl sites for hydroxylation is 1. The molecule has 1 aliphatic heterocycles. The molecule has 2 heterocycles. The van der Waals surface area contributed by atoms with Crippen molar-refractivity contribution in [1.82, 2.24) is 9.97 Å². The third-order valence-corrected chi connectivity index (χ3v) is 4.60. The Hall–Kier alpha value is -2.43. The molecule has 5 heteroatoms. The second-order valence-electron chi connectivity index (χ2n) is 6.53. The summed E-state index contributed by atoms with van der Waals surface area (Å²) in [5.41, 5.74) is 1.30. The number of benzene rings is 1. The van der Waals surface area contributed by atoms with Crippen molar-refractivity contribution in [2.45, 2.75) is 26.7 Å². The monoisotopic (exact) mass is 324 g/mol. The van der Waals surface area contributed by atoms with Crippen LogP contribution in [0.25, 0.3) is 0 Å². The lowest BCUT2D eigenvalue weighted by Crippen LogP contribution is -2.34. The lowest BCUT2D eigenvalue weighted by atomic mass is 9.99. The van der Waals surface area contributed by atoms with Crippen LogP contribution in [0.3, 0.4) is 0 Å². The number of amides is 1. The van der Waals surface area contributed by atoms with Crippen molar-refractivity contribution in [1.29, 1.82) is 0 Å². The largest absolute Gasteiger partial charge is 0.356 e. The number of hydrogen-bond acceptors (Lipinski definition) is 4. The molecule has 1 fully saturated rings. The summed E-state index contributed by atoms with van der Waals surface area (Å²) in [5, 5.41) is 0. The number of anilines is 2. The number of carbonyl (C=O) groups is 1. The van der Waals surface area contributed by atoms with Crippen molar-refractivity contribution in [3.05, 3.63) is 47.9 Å². The van der Waals surface area contributed by atoms with E-state index < -0.39 is 0 Å². The summed E-state index contributed by atoms with van der Waals surface area (Å²) >= 11 is 0. The highest BCUT2D eigenvalue weighted by Crippen LogP contribution is 2.23. The van der Waals surface area contributed by atoms with Gasteiger partial charge in [-0.15, -0.1) is 0 Å². The van der Waals surface area contributed by atoms with E-state index in [-0.39, 0.29) is 5.91 Å². The predicted molar refractivity (Wildman–Crippen MR) is 96.6 cm³/mol. The van der Waals surface area contributed by atoms with Crippen LogP contribution in [0.15, 0.2) is 36.4 Å². The van der Waals surface area contributed by atoms with E-state index >= 15 is 0 Å². The molecule has 1 saturated heterocycles. The number of aromatic nitrogens is 2. The maximum Gasteiger partial charge on any atom is 0.276 e. The Labute approximate surface area is 143 Å². The zero-order chi connectivity index (χ0) is 17.1. The number of carbonyl (C=O) groups excluding carboxylic acids is 1. The van der Waals surface area contributed by atoms with Crippen LogP contribution in [0.4, 0.5) is 11.5 Å². The summed E-state index contributed by atoms with van der Waals surface area (Å²) in [7, 11) is 1.78. The molecule has 24 heavy (non-hydrogen) atoms. The molecule has 126 valence electrons. The molecule has 0 spiro atoms. The van der Waals surface area contributed by atoms with Gasteiger partial charge in [0.25, 0.3) is 5.91 Å². The molecule has 0 saturated carbocycles. The second-order valence-corrected chi connectivity index (χ2v) is 6.53. The molecule has 0 unspecified atom stereocenters. The van der Waals surface area contributed by atoms with E-state index in [4.69, 9.17) is 0 Å². The lowest BCUT2D eigenvalue weighted by Gasteiger charge is -2.31. The Morgan fingerprint density at radius 2 is 1.83 bits per heavy atom. The summed E-state index contributed by atoms with van der Waals surface area (Å²) in [4.78, 5) is 25.6. The fourth-order valence-corrected chi connectivity index (χ4v) is 3.00. The first-order valence-electron chi connectivity index (χ1n) is 8.48. The van der Waals surface area contributed by atoms with Gasteiger partial charge in [-0.25, -0.2) is 9.97 Å². The van der Waals surface area contributed by atoms with Gasteiger partial charge in [0.15, 0.2) is 0 Å². The van der Waals surface area contributed by atoms with Crippen LogP contribution in [-0.4, -0.2) is 36.0 Å². The van der Waals surface area contributed by atoms with E-state index in [0.29, 0.717) is 11.5 Å². The van der Waals surface area contributed by atoms with E-state index in [9.17, 15) is 4.79 Å². The standard InChI is InChI=1S/C19H24N4O/c1-14-9-11-23(12-10-14)18-13-17(20-15(2)21-18)19(24)22(3)16-7-5-4-6-8-16/h4-8,13-14H,9-12H2,1-3H3. The van der Waals surface area contributed by atoms with E-state index in [2.05, 4.69) is 21.8 Å². The molecule has 5 nitrogen and oxygen atoms in total. The van der Waals surface area contributed by atoms with Gasteiger partial charge in [-0.3, -0.25) is 4.79 Å². The summed E-state index contributed by atoms with van der Waals surface area (Å²) in [6.45, 7) is 6.10. The highest BCUT2D eigenvalue weighted by atomic mass is 16.2. The van der Waals surface area contributed by atoms with Gasteiger partial charge in [0.2, 0.25) is 0 Å². The van der Waals surface area contributed by atoms with Gasteiger partial charge in [-0.05, 0) is 37.8 Å². The maximum atomic E-state index is 12.8. The minimum atomic E-state index is -0.113. The third-order valence-electron chi connectivity index (χ3n) is 4.60. The van der Waals surface area contributed by atoms with Crippen LogP contribution < -0.4 is 9.80 Å². The molecule has 1 aromatic carbocycles. The maximum absolute atomic E-state index is 12.8. The van der Waals surface area contributed by atoms with Crippen molar-refractivity contribution < 1.29 is 4.79 Å². The first kappa shape index (κ1) is 16.4. The molecule has 0 radical (unpaired) electrons. The van der Waals surface area contributed by atoms with Crippen LogP contribution in [0.1, 0.15) is 36.1 Å². The van der Waals surface area contributed by atoms with Gasteiger partial charge in [0.05, 0.1) is 0 Å². The van der Waals surface area contributed by atoms with Crippen molar-refractivity contribution >= 4 is 17.4 Å². The fourth-order valence-electron chi connectivity index (χ4n) is 3.00. The summed E-state index contributed by atoms with van der Waals surface area (Å²) in [5.74, 6) is 2.14. The normalized spacial score (nSPS) is 15.4. The van der Waals surface area contributed by atoms with Crippen LogP contribution in [0.2, 0.25) is 0 Å². The van der Waals surface area contributed by atoms with Crippen LogP contribution in [0.5, 0.6) is 0 Å². The number of rotatable bonds is 3. The lowest BCUT2D eigenvalue weighted by molar-refractivity contribution is 0.0988. The van der Waals surface area contributed by atoms with E-state index in [0.717, 1.165) is 43.4 Å². The Morgan fingerprint density at radius 3 is 2.50 bits per heavy atom. The minimum absolute atomic E-state index is 0.113. The zero-order valence-corrected chi connectivity index (χ0v) is 14.6. The number of piperidine rings is 1. The molecule has 1 aliphatic rings. The topological polar surface area (TPSA) is 49.3 Å². The average Bonchev–Trinajstić information content (AvgIpc) is 2.61. The zero-order valence-electron chi connectivity index (χ0n) is 14.6.